The van der Waals surface area contributed by atoms with E-state index in [0.717, 1.165) is 75.7 Å². The van der Waals surface area contributed by atoms with Crippen LogP contribution in [0.2, 0.25) is 0 Å². The van der Waals surface area contributed by atoms with Crippen LogP contribution in [0.25, 0.3) is 0 Å². The molecule has 2 N–H and O–H groups in total. The van der Waals surface area contributed by atoms with Crippen molar-refractivity contribution in [1.82, 2.24) is 25.0 Å². The SMILES string of the molecule is CCOCCCNC(=NCc1nnc(C)n1C)N1CCN(c2ccccc2O)CC1. The van der Waals surface area contributed by atoms with Crippen LogP contribution in [0, 0.1) is 6.92 Å². The van der Waals surface area contributed by atoms with E-state index >= 15 is 0 Å². The van der Waals surface area contributed by atoms with Gasteiger partial charge in [0.05, 0.1) is 5.69 Å². The van der Waals surface area contributed by atoms with Crippen LogP contribution < -0.4 is 10.2 Å². The van der Waals surface area contributed by atoms with Crippen molar-refractivity contribution < 1.29 is 9.84 Å². The zero-order chi connectivity index (χ0) is 21.3. The maximum atomic E-state index is 10.1. The lowest BCUT2D eigenvalue weighted by Gasteiger charge is -2.38. The molecule has 0 unspecified atom stereocenters. The van der Waals surface area contributed by atoms with Gasteiger partial charge in [0.15, 0.2) is 11.8 Å². The number of phenolic OH excluding ortho intramolecular Hbond substituents is 1. The number of aromatic hydroxyl groups is 1. The molecule has 1 aromatic carbocycles. The average Bonchev–Trinajstić information content (AvgIpc) is 3.08. The molecule has 2 heterocycles. The summed E-state index contributed by atoms with van der Waals surface area (Å²) < 4.78 is 7.40. The highest BCUT2D eigenvalue weighted by Crippen LogP contribution is 2.27. The number of para-hydroxylation sites is 2. The van der Waals surface area contributed by atoms with Gasteiger partial charge in [0, 0.05) is 53.0 Å². The number of hydrogen-bond donors (Lipinski definition) is 2. The van der Waals surface area contributed by atoms with Crippen molar-refractivity contribution in [3.05, 3.63) is 35.9 Å². The molecule has 164 valence electrons. The van der Waals surface area contributed by atoms with Gasteiger partial charge in [-0.15, -0.1) is 10.2 Å². The first kappa shape index (κ1) is 21.9. The molecule has 0 aliphatic carbocycles. The molecule has 1 aromatic heterocycles. The lowest BCUT2D eigenvalue weighted by atomic mass is 10.2. The largest absolute Gasteiger partial charge is 0.506 e. The van der Waals surface area contributed by atoms with E-state index in [1.807, 2.05) is 43.7 Å². The van der Waals surface area contributed by atoms with Crippen molar-refractivity contribution in [2.45, 2.75) is 26.8 Å². The molecule has 0 bridgehead atoms. The molecular weight excluding hydrogens is 382 g/mol. The molecule has 9 heteroatoms. The molecule has 0 radical (unpaired) electrons. The molecule has 30 heavy (non-hydrogen) atoms. The Morgan fingerprint density at radius 1 is 1.20 bits per heavy atom. The highest BCUT2D eigenvalue weighted by Gasteiger charge is 2.21. The number of guanidine groups is 1. The second-order valence-electron chi connectivity index (χ2n) is 7.30. The molecule has 9 nitrogen and oxygen atoms in total. The van der Waals surface area contributed by atoms with Gasteiger partial charge < -0.3 is 29.5 Å². The molecule has 1 saturated heterocycles. The molecule has 1 aliphatic rings. The molecule has 2 aromatic rings. The van der Waals surface area contributed by atoms with Gasteiger partial charge in [-0.25, -0.2) is 4.99 Å². The first-order valence-electron chi connectivity index (χ1n) is 10.6. The number of hydrogen-bond acceptors (Lipinski definition) is 6. The van der Waals surface area contributed by atoms with Gasteiger partial charge in [-0.2, -0.15) is 0 Å². The number of phenols is 1. The van der Waals surface area contributed by atoms with Gasteiger partial charge >= 0.3 is 0 Å². The Kier molecular flexibility index (Phi) is 7.89. The fourth-order valence-electron chi connectivity index (χ4n) is 3.41. The normalized spacial score (nSPS) is 15.0. The summed E-state index contributed by atoms with van der Waals surface area (Å²) in [6, 6.07) is 7.50. The monoisotopic (exact) mass is 415 g/mol. The van der Waals surface area contributed by atoms with Gasteiger partial charge in [-0.1, -0.05) is 12.1 Å². The number of aryl methyl sites for hydroxylation is 1. The summed E-state index contributed by atoms with van der Waals surface area (Å²) in [4.78, 5) is 9.30. The van der Waals surface area contributed by atoms with Gasteiger partial charge in [-0.05, 0) is 32.4 Å². The van der Waals surface area contributed by atoms with E-state index in [0.29, 0.717) is 12.3 Å². The average molecular weight is 416 g/mol. The summed E-state index contributed by atoms with van der Waals surface area (Å²) in [6.07, 6.45) is 0.924. The molecule has 1 aliphatic heterocycles. The van der Waals surface area contributed by atoms with Crippen molar-refractivity contribution in [3.8, 4) is 5.75 Å². The molecule has 3 rings (SSSR count). The molecule has 0 spiro atoms. The topological polar surface area (TPSA) is 91.0 Å². The smallest absolute Gasteiger partial charge is 0.194 e. The van der Waals surface area contributed by atoms with E-state index in [1.165, 1.54) is 0 Å². The van der Waals surface area contributed by atoms with E-state index in [2.05, 4.69) is 25.3 Å². The minimum atomic E-state index is 0.326. The highest BCUT2D eigenvalue weighted by molar-refractivity contribution is 5.80. The number of aromatic nitrogens is 3. The molecule has 0 amide bonds. The van der Waals surface area contributed by atoms with Crippen LogP contribution in [-0.2, 0) is 18.3 Å². The summed E-state index contributed by atoms with van der Waals surface area (Å²) in [5.74, 6) is 2.92. The Labute approximate surface area is 178 Å². The molecule has 0 atom stereocenters. The third kappa shape index (κ3) is 5.63. The standard InChI is InChI=1S/C21H33N7O2/c1-4-30-15-7-10-22-21(23-16-20-25-24-17(2)26(20)3)28-13-11-27(12-14-28)18-8-5-6-9-19(18)29/h5-6,8-9,29H,4,7,10-16H2,1-3H3,(H,22,23). The quantitative estimate of drug-likeness (QED) is 0.384. The second kappa shape index (κ2) is 10.8. The van der Waals surface area contributed by atoms with E-state index in [4.69, 9.17) is 9.73 Å². The van der Waals surface area contributed by atoms with Crippen LogP contribution in [0.3, 0.4) is 0 Å². The fourth-order valence-corrected chi connectivity index (χ4v) is 3.41. The maximum absolute atomic E-state index is 10.1. The summed E-state index contributed by atoms with van der Waals surface area (Å²) in [7, 11) is 1.96. The van der Waals surface area contributed by atoms with Gasteiger partial charge in [0.1, 0.15) is 18.1 Å². The molecular formula is C21H33N7O2. The Hall–Kier alpha value is -2.81. The Morgan fingerprint density at radius 3 is 2.63 bits per heavy atom. The van der Waals surface area contributed by atoms with Crippen molar-refractivity contribution in [3.63, 3.8) is 0 Å². The van der Waals surface area contributed by atoms with Crippen LogP contribution in [0.1, 0.15) is 25.0 Å². The number of nitrogens with zero attached hydrogens (tertiary/aromatic N) is 6. The van der Waals surface area contributed by atoms with Crippen molar-refractivity contribution in [2.75, 3.05) is 50.8 Å². The van der Waals surface area contributed by atoms with Crippen LogP contribution >= 0.6 is 0 Å². The lowest BCUT2D eigenvalue weighted by Crippen LogP contribution is -2.52. The predicted molar refractivity (Wildman–Crippen MR) is 118 cm³/mol. The first-order chi connectivity index (χ1) is 14.6. The van der Waals surface area contributed by atoms with E-state index < -0.39 is 0 Å². The number of rotatable bonds is 8. The third-order valence-electron chi connectivity index (χ3n) is 5.31. The zero-order valence-electron chi connectivity index (χ0n) is 18.2. The number of anilines is 1. The number of aliphatic imine (C=N–C) groups is 1. The van der Waals surface area contributed by atoms with Crippen LogP contribution in [0.5, 0.6) is 5.75 Å². The van der Waals surface area contributed by atoms with Gasteiger partial charge in [-0.3, -0.25) is 0 Å². The van der Waals surface area contributed by atoms with Crippen molar-refractivity contribution >= 4 is 11.6 Å². The highest BCUT2D eigenvalue weighted by atomic mass is 16.5. The maximum Gasteiger partial charge on any atom is 0.194 e. The zero-order valence-corrected chi connectivity index (χ0v) is 18.2. The van der Waals surface area contributed by atoms with Gasteiger partial charge in [0.25, 0.3) is 0 Å². The Balaban J connectivity index is 1.63. The van der Waals surface area contributed by atoms with Crippen molar-refractivity contribution in [1.29, 1.82) is 0 Å². The summed E-state index contributed by atoms with van der Waals surface area (Å²) in [6.45, 7) is 9.98. The summed E-state index contributed by atoms with van der Waals surface area (Å²) in [5.41, 5.74) is 0.884. The summed E-state index contributed by atoms with van der Waals surface area (Å²) >= 11 is 0. The van der Waals surface area contributed by atoms with Crippen LogP contribution in [0.4, 0.5) is 5.69 Å². The Bertz CT molecular complexity index is 829. The summed E-state index contributed by atoms with van der Waals surface area (Å²) in [5, 5.41) is 22.0. The van der Waals surface area contributed by atoms with Crippen LogP contribution in [0.15, 0.2) is 29.3 Å². The van der Waals surface area contributed by atoms with Gasteiger partial charge in [0.2, 0.25) is 0 Å². The molecule has 0 saturated carbocycles. The minimum absolute atomic E-state index is 0.326. The number of benzene rings is 1. The lowest BCUT2D eigenvalue weighted by molar-refractivity contribution is 0.145. The predicted octanol–water partition coefficient (Wildman–Crippen LogP) is 1.52. The van der Waals surface area contributed by atoms with Crippen molar-refractivity contribution in [2.24, 2.45) is 12.0 Å². The molecule has 1 fully saturated rings. The second-order valence-corrected chi connectivity index (χ2v) is 7.30. The van der Waals surface area contributed by atoms with Crippen LogP contribution in [-0.4, -0.2) is 76.7 Å². The number of ether oxygens (including phenoxy) is 1. The minimum Gasteiger partial charge on any atom is -0.506 e. The van der Waals surface area contributed by atoms with E-state index in [-0.39, 0.29) is 0 Å². The fraction of sp³-hybridized carbons (Fsp3) is 0.571. The first-order valence-corrected chi connectivity index (χ1v) is 10.6. The number of piperazine rings is 1. The Morgan fingerprint density at radius 2 is 1.97 bits per heavy atom. The number of nitrogens with one attached hydrogen (secondary N) is 1. The van der Waals surface area contributed by atoms with E-state index in [1.54, 1.807) is 6.07 Å². The van der Waals surface area contributed by atoms with E-state index in [9.17, 15) is 5.11 Å². The third-order valence-corrected chi connectivity index (χ3v) is 5.31.